The molecular formula is C19H15ClF3NO2. The van der Waals surface area contributed by atoms with E-state index in [9.17, 15) is 22.8 Å². The Hall–Kier alpha value is -2.08. The summed E-state index contributed by atoms with van der Waals surface area (Å²) in [6.07, 6.45) is -0.732. The van der Waals surface area contributed by atoms with Crippen LogP contribution in [0, 0.1) is 23.7 Å². The molecule has 1 aliphatic heterocycles. The van der Waals surface area contributed by atoms with Crippen LogP contribution in [0.3, 0.4) is 0 Å². The number of hydrogen-bond donors (Lipinski definition) is 0. The summed E-state index contributed by atoms with van der Waals surface area (Å²) in [6.45, 7) is 3.89. The number of carbonyl (C=O) groups excluding carboxylic acids is 2. The van der Waals surface area contributed by atoms with E-state index in [2.05, 4.69) is 0 Å². The minimum Gasteiger partial charge on any atom is -0.274 e. The first-order chi connectivity index (χ1) is 12.1. The van der Waals surface area contributed by atoms with E-state index >= 15 is 0 Å². The molecule has 0 unspecified atom stereocenters. The third kappa shape index (κ3) is 2.21. The molecule has 0 aromatic heterocycles. The second-order valence-electron chi connectivity index (χ2n) is 7.12. The van der Waals surface area contributed by atoms with Crippen LogP contribution in [0.1, 0.15) is 19.4 Å². The van der Waals surface area contributed by atoms with Gasteiger partial charge in [-0.3, -0.25) is 9.59 Å². The van der Waals surface area contributed by atoms with Crippen molar-refractivity contribution in [1.29, 1.82) is 0 Å². The zero-order valence-electron chi connectivity index (χ0n) is 14.0. The van der Waals surface area contributed by atoms with Crippen molar-refractivity contribution in [3.63, 3.8) is 0 Å². The zero-order valence-corrected chi connectivity index (χ0v) is 14.7. The van der Waals surface area contributed by atoms with E-state index in [0.29, 0.717) is 0 Å². The summed E-state index contributed by atoms with van der Waals surface area (Å²) in [5.74, 6) is -2.41. The molecule has 0 spiro atoms. The fraction of sp³-hybridized carbons (Fsp3) is 0.368. The third-order valence-electron chi connectivity index (χ3n) is 5.51. The largest absolute Gasteiger partial charge is 0.416 e. The maximum Gasteiger partial charge on any atom is 0.416 e. The number of nitrogens with zero attached hydrogens (tertiary/aromatic N) is 1. The van der Waals surface area contributed by atoms with Gasteiger partial charge >= 0.3 is 6.18 Å². The average Bonchev–Trinajstić information content (AvgIpc) is 3.18. The highest BCUT2D eigenvalue weighted by molar-refractivity contribution is 6.36. The van der Waals surface area contributed by atoms with Gasteiger partial charge < -0.3 is 0 Å². The number of fused-ring (bicyclic) bond motifs is 5. The van der Waals surface area contributed by atoms with Crippen LogP contribution < -0.4 is 4.90 Å². The normalized spacial score (nSPS) is 29.8. The van der Waals surface area contributed by atoms with Crippen LogP contribution in [0.5, 0.6) is 0 Å². The molecule has 1 saturated heterocycles. The molecule has 0 radical (unpaired) electrons. The maximum absolute atomic E-state index is 13.0. The standard InChI is InChI=1S/C19H15ClF3NO2/c1-8(2)14-10-4-5-11(14)16-15(10)17(25)24(18(16)26)13-7-9(19(21,22)23)3-6-12(13)20/h3-7,10-11,15-16H,1-2H3/t10-,11-,15-,16-/m1/s1. The summed E-state index contributed by atoms with van der Waals surface area (Å²) in [5, 5.41) is -0.0533. The average molecular weight is 382 g/mol. The van der Waals surface area contributed by atoms with Gasteiger partial charge in [0, 0.05) is 11.8 Å². The molecular weight excluding hydrogens is 367 g/mol. The van der Waals surface area contributed by atoms with Gasteiger partial charge in [-0.05, 0) is 32.0 Å². The number of anilines is 1. The Morgan fingerprint density at radius 1 is 1.04 bits per heavy atom. The molecule has 4 atom stereocenters. The summed E-state index contributed by atoms with van der Waals surface area (Å²) in [4.78, 5) is 26.8. The summed E-state index contributed by atoms with van der Waals surface area (Å²) in [6, 6.07) is 2.68. The Kier molecular flexibility index (Phi) is 3.64. The third-order valence-corrected chi connectivity index (χ3v) is 5.83. The van der Waals surface area contributed by atoms with Crippen LogP contribution in [0.15, 0.2) is 41.5 Å². The van der Waals surface area contributed by atoms with Crippen molar-refractivity contribution in [1.82, 2.24) is 0 Å². The number of hydrogen-bond acceptors (Lipinski definition) is 2. The van der Waals surface area contributed by atoms with E-state index < -0.39 is 35.4 Å². The molecule has 0 N–H and O–H groups in total. The molecule has 1 aromatic rings. The molecule has 2 bridgehead atoms. The van der Waals surface area contributed by atoms with Gasteiger partial charge in [-0.1, -0.05) is 34.9 Å². The molecule has 2 fully saturated rings. The molecule has 1 heterocycles. The number of imide groups is 1. The van der Waals surface area contributed by atoms with Gasteiger partial charge in [0.05, 0.1) is 28.1 Å². The number of rotatable bonds is 1. The first kappa shape index (κ1) is 17.3. The van der Waals surface area contributed by atoms with Gasteiger partial charge in [0.15, 0.2) is 0 Å². The maximum atomic E-state index is 13.0. The van der Waals surface area contributed by atoms with Crippen molar-refractivity contribution < 1.29 is 22.8 Å². The molecule has 136 valence electrons. The van der Waals surface area contributed by atoms with Crippen molar-refractivity contribution >= 4 is 29.1 Å². The van der Waals surface area contributed by atoms with Gasteiger partial charge in [0.1, 0.15) is 0 Å². The predicted octanol–water partition coefficient (Wildman–Crippen LogP) is 4.62. The molecule has 3 aliphatic rings. The van der Waals surface area contributed by atoms with E-state index in [1.54, 1.807) is 0 Å². The van der Waals surface area contributed by atoms with Crippen LogP contribution in [0.4, 0.5) is 18.9 Å². The highest BCUT2D eigenvalue weighted by atomic mass is 35.5. The lowest BCUT2D eigenvalue weighted by Crippen LogP contribution is -2.33. The van der Waals surface area contributed by atoms with Crippen LogP contribution in [-0.2, 0) is 15.8 Å². The van der Waals surface area contributed by atoms with Crippen molar-refractivity contribution in [3.05, 3.63) is 52.1 Å². The Morgan fingerprint density at radius 3 is 2.04 bits per heavy atom. The van der Waals surface area contributed by atoms with Crippen LogP contribution in [0.25, 0.3) is 0 Å². The minimum absolute atomic E-state index is 0.0533. The topological polar surface area (TPSA) is 37.4 Å². The lowest BCUT2D eigenvalue weighted by atomic mass is 9.85. The highest BCUT2D eigenvalue weighted by Crippen LogP contribution is 2.57. The van der Waals surface area contributed by atoms with E-state index in [-0.39, 0.29) is 22.5 Å². The van der Waals surface area contributed by atoms with Crippen LogP contribution in [-0.4, -0.2) is 11.8 Å². The zero-order chi connectivity index (χ0) is 19.0. The monoisotopic (exact) mass is 381 g/mol. The molecule has 2 amide bonds. The van der Waals surface area contributed by atoms with Gasteiger partial charge in [0.25, 0.3) is 0 Å². The lowest BCUT2D eigenvalue weighted by Gasteiger charge is -2.21. The number of benzene rings is 1. The van der Waals surface area contributed by atoms with E-state index in [1.165, 1.54) is 0 Å². The Balaban J connectivity index is 1.78. The first-order valence-corrected chi connectivity index (χ1v) is 8.61. The van der Waals surface area contributed by atoms with Crippen LogP contribution in [0.2, 0.25) is 5.02 Å². The summed E-state index contributed by atoms with van der Waals surface area (Å²) in [7, 11) is 0. The molecule has 4 rings (SSSR count). The number of alkyl halides is 3. The lowest BCUT2D eigenvalue weighted by molar-refractivity contribution is -0.137. The van der Waals surface area contributed by atoms with E-state index in [1.807, 2.05) is 26.0 Å². The van der Waals surface area contributed by atoms with E-state index in [4.69, 9.17) is 11.6 Å². The summed E-state index contributed by atoms with van der Waals surface area (Å²) in [5.41, 5.74) is 1.02. The second-order valence-corrected chi connectivity index (χ2v) is 7.53. The SMILES string of the molecule is CC(C)=C1[C@H]2C=C[C@H]1[C@H]1C(=O)N(c3cc(C(F)(F)F)ccc3Cl)C(=O)[C@@H]12. The molecule has 1 saturated carbocycles. The molecule has 7 heteroatoms. The van der Waals surface area contributed by atoms with Crippen molar-refractivity contribution in [2.24, 2.45) is 23.7 Å². The quantitative estimate of drug-likeness (QED) is 0.526. The number of amides is 2. The Bertz CT molecular complexity index is 865. The van der Waals surface area contributed by atoms with Gasteiger partial charge in [0.2, 0.25) is 11.8 Å². The molecule has 2 aliphatic carbocycles. The minimum atomic E-state index is -4.59. The highest BCUT2D eigenvalue weighted by Gasteiger charge is 2.62. The number of allylic oxidation sites excluding steroid dienone is 4. The fourth-order valence-electron chi connectivity index (χ4n) is 4.53. The van der Waals surface area contributed by atoms with E-state index in [0.717, 1.165) is 34.2 Å². The molecule has 1 aromatic carbocycles. The Morgan fingerprint density at radius 2 is 1.58 bits per heavy atom. The predicted molar refractivity (Wildman–Crippen MR) is 90.4 cm³/mol. The molecule has 26 heavy (non-hydrogen) atoms. The summed E-state index contributed by atoms with van der Waals surface area (Å²) < 4.78 is 39.1. The van der Waals surface area contributed by atoms with Crippen molar-refractivity contribution in [3.8, 4) is 0 Å². The van der Waals surface area contributed by atoms with Gasteiger partial charge in [-0.15, -0.1) is 0 Å². The second kappa shape index (κ2) is 5.46. The number of halogens is 4. The van der Waals surface area contributed by atoms with Crippen molar-refractivity contribution in [2.45, 2.75) is 20.0 Å². The Labute approximate surface area is 153 Å². The van der Waals surface area contributed by atoms with Crippen molar-refractivity contribution in [2.75, 3.05) is 4.90 Å². The number of carbonyl (C=O) groups is 2. The summed E-state index contributed by atoms with van der Waals surface area (Å²) >= 11 is 6.04. The van der Waals surface area contributed by atoms with Crippen LogP contribution >= 0.6 is 11.6 Å². The van der Waals surface area contributed by atoms with Gasteiger partial charge in [-0.2, -0.15) is 13.2 Å². The fourth-order valence-corrected chi connectivity index (χ4v) is 4.73. The van der Waals surface area contributed by atoms with Gasteiger partial charge in [-0.25, -0.2) is 4.90 Å². The smallest absolute Gasteiger partial charge is 0.274 e. The molecule has 3 nitrogen and oxygen atoms in total. The first-order valence-electron chi connectivity index (χ1n) is 8.23.